The third kappa shape index (κ3) is 4.30. The average molecular weight is 355 g/mol. The molecule has 3 aromatic rings. The Morgan fingerprint density at radius 2 is 1.44 bits per heavy atom. The topological polar surface area (TPSA) is 64.6 Å². The molecular weight excluding hydrogens is 338 g/mol. The van der Waals surface area contributed by atoms with Gasteiger partial charge in [0.1, 0.15) is 17.2 Å². The van der Waals surface area contributed by atoms with E-state index in [2.05, 4.69) is 4.72 Å². The lowest BCUT2D eigenvalue weighted by Gasteiger charge is -2.10. The Balaban J connectivity index is 1.72. The van der Waals surface area contributed by atoms with Gasteiger partial charge in [-0.05, 0) is 48.5 Å². The fourth-order valence-corrected chi connectivity index (χ4v) is 3.29. The minimum Gasteiger partial charge on any atom is -0.497 e. The number of nitrogens with one attached hydrogen (secondary N) is 1. The van der Waals surface area contributed by atoms with E-state index >= 15 is 0 Å². The maximum absolute atomic E-state index is 12.3. The molecule has 0 aliphatic rings. The molecule has 0 heterocycles. The van der Waals surface area contributed by atoms with Gasteiger partial charge in [0, 0.05) is 11.8 Å². The maximum atomic E-state index is 12.3. The second kappa shape index (κ2) is 7.27. The highest BCUT2D eigenvalue weighted by Crippen LogP contribution is 2.26. The van der Waals surface area contributed by atoms with Crippen molar-refractivity contribution < 1.29 is 17.9 Å². The fourth-order valence-electron chi connectivity index (χ4n) is 2.21. The van der Waals surface area contributed by atoms with Gasteiger partial charge in [0.05, 0.1) is 12.0 Å². The van der Waals surface area contributed by atoms with Crippen molar-refractivity contribution >= 4 is 15.7 Å². The zero-order valence-corrected chi connectivity index (χ0v) is 14.4. The molecule has 0 aliphatic heterocycles. The van der Waals surface area contributed by atoms with Gasteiger partial charge in [0.15, 0.2) is 0 Å². The summed E-state index contributed by atoms with van der Waals surface area (Å²) in [5.41, 5.74) is 0.460. The van der Waals surface area contributed by atoms with Crippen molar-refractivity contribution in [1.29, 1.82) is 0 Å². The number of methoxy groups -OCH3 is 1. The van der Waals surface area contributed by atoms with Crippen molar-refractivity contribution in [2.75, 3.05) is 11.8 Å². The Labute approximate surface area is 146 Å². The van der Waals surface area contributed by atoms with Gasteiger partial charge in [0.25, 0.3) is 10.0 Å². The molecule has 6 heteroatoms. The second-order valence-electron chi connectivity index (χ2n) is 5.22. The summed E-state index contributed by atoms with van der Waals surface area (Å²) < 4.78 is 38.0. The first kappa shape index (κ1) is 16.9. The monoisotopic (exact) mass is 355 g/mol. The largest absolute Gasteiger partial charge is 0.497 e. The lowest BCUT2D eigenvalue weighted by Crippen LogP contribution is -2.12. The van der Waals surface area contributed by atoms with Gasteiger partial charge < -0.3 is 9.47 Å². The van der Waals surface area contributed by atoms with E-state index in [1.807, 2.05) is 18.2 Å². The molecule has 1 N–H and O–H groups in total. The molecule has 5 nitrogen and oxygen atoms in total. The number of benzene rings is 3. The SMILES string of the molecule is COc1cccc(Oc2ccc(NS(=O)(=O)c3ccccc3)cc2)c1. The molecule has 0 aliphatic carbocycles. The van der Waals surface area contributed by atoms with Gasteiger partial charge in [-0.2, -0.15) is 0 Å². The summed E-state index contributed by atoms with van der Waals surface area (Å²) in [5, 5.41) is 0. The number of hydrogen-bond donors (Lipinski definition) is 1. The van der Waals surface area contributed by atoms with Crippen LogP contribution in [0, 0.1) is 0 Å². The summed E-state index contributed by atoms with van der Waals surface area (Å²) in [7, 11) is -2.01. The second-order valence-corrected chi connectivity index (χ2v) is 6.91. The molecule has 0 fully saturated rings. The van der Waals surface area contributed by atoms with Gasteiger partial charge >= 0.3 is 0 Å². The Morgan fingerprint density at radius 3 is 2.12 bits per heavy atom. The van der Waals surface area contributed by atoms with Gasteiger partial charge in [-0.15, -0.1) is 0 Å². The van der Waals surface area contributed by atoms with Crippen molar-refractivity contribution in [2.45, 2.75) is 4.90 Å². The first-order chi connectivity index (χ1) is 12.1. The van der Waals surface area contributed by atoms with E-state index in [4.69, 9.17) is 9.47 Å². The summed E-state index contributed by atoms with van der Waals surface area (Å²) in [4.78, 5) is 0.215. The van der Waals surface area contributed by atoms with Crippen LogP contribution in [-0.4, -0.2) is 15.5 Å². The summed E-state index contributed by atoms with van der Waals surface area (Å²) in [6.45, 7) is 0. The van der Waals surface area contributed by atoms with Crippen molar-refractivity contribution in [1.82, 2.24) is 0 Å². The van der Waals surface area contributed by atoms with Crippen LogP contribution < -0.4 is 14.2 Å². The fraction of sp³-hybridized carbons (Fsp3) is 0.0526. The van der Waals surface area contributed by atoms with E-state index < -0.39 is 10.0 Å². The molecule has 25 heavy (non-hydrogen) atoms. The first-order valence-corrected chi connectivity index (χ1v) is 9.05. The number of anilines is 1. The zero-order valence-electron chi connectivity index (χ0n) is 13.5. The number of rotatable bonds is 6. The molecule has 0 saturated heterocycles. The molecule has 0 saturated carbocycles. The third-order valence-electron chi connectivity index (χ3n) is 3.44. The third-order valence-corrected chi connectivity index (χ3v) is 4.83. The molecule has 3 rings (SSSR count). The van der Waals surface area contributed by atoms with Crippen molar-refractivity contribution in [3.63, 3.8) is 0 Å². The minimum atomic E-state index is -3.60. The molecule has 0 aromatic heterocycles. The Bertz CT molecular complexity index is 939. The molecule has 0 bridgehead atoms. The van der Waals surface area contributed by atoms with Crippen LogP contribution in [0.3, 0.4) is 0 Å². The predicted octanol–water partition coefficient (Wildman–Crippen LogP) is 4.29. The molecule has 3 aromatic carbocycles. The van der Waals surface area contributed by atoms with Crippen LogP contribution >= 0.6 is 0 Å². The Hall–Kier alpha value is -2.99. The standard InChI is InChI=1S/C19H17NO4S/c1-23-17-6-5-7-18(14-17)24-16-12-10-15(11-13-16)20-25(21,22)19-8-3-2-4-9-19/h2-14,20H,1H3. The van der Waals surface area contributed by atoms with Crippen LogP contribution in [0.4, 0.5) is 5.69 Å². The van der Waals surface area contributed by atoms with Gasteiger partial charge in [0.2, 0.25) is 0 Å². The predicted molar refractivity (Wildman–Crippen MR) is 96.8 cm³/mol. The van der Waals surface area contributed by atoms with E-state index in [9.17, 15) is 8.42 Å². The molecule has 128 valence electrons. The van der Waals surface area contributed by atoms with Crippen LogP contribution in [0.2, 0.25) is 0 Å². The zero-order chi connectivity index (χ0) is 17.7. The quantitative estimate of drug-likeness (QED) is 0.716. The van der Waals surface area contributed by atoms with Crippen LogP contribution in [0.1, 0.15) is 0 Å². The van der Waals surface area contributed by atoms with Gasteiger partial charge in [-0.3, -0.25) is 4.72 Å². The molecule has 0 amide bonds. The molecular formula is C19H17NO4S. The number of sulfonamides is 1. The summed E-state index contributed by atoms with van der Waals surface area (Å²) in [5.74, 6) is 1.93. The summed E-state index contributed by atoms with van der Waals surface area (Å²) in [6.07, 6.45) is 0. The normalized spacial score (nSPS) is 10.9. The van der Waals surface area contributed by atoms with Crippen LogP contribution in [0.25, 0.3) is 0 Å². The highest BCUT2D eigenvalue weighted by molar-refractivity contribution is 7.92. The van der Waals surface area contributed by atoms with Crippen LogP contribution in [0.15, 0.2) is 83.8 Å². The van der Waals surface area contributed by atoms with E-state index in [0.29, 0.717) is 22.9 Å². The first-order valence-electron chi connectivity index (χ1n) is 7.57. The van der Waals surface area contributed by atoms with Crippen molar-refractivity contribution in [3.05, 3.63) is 78.9 Å². The molecule has 0 spiro atoms. The van der Waals surface area contributed by atoms with E-state index in [1.165, 1.54) is 0 Å². The Morgan fingerprint density at radius 1 is 0.760 bits per heavy atom. The van der Waals surface area contributed by atoms with Crippen LogP contribution in [-0.2, 0) is 10.0 Å². The summed E-state index contributed by atoms with van der Waals surface area (Å²) >= 11 is 0. The molecule has 0 unspecified atom stereocenters. The van der Waals surface area contributed by atoms with Gasteiger partial charge in [-0.25, -0.2) is 8.42 Å². The average Bonchev–Trinajstić information content (AvgIpc) is 2.64. The van der Waals surface area contributed by atoms with E-state index in [-0.39, 0.29) is 4.90 Å². The minimum absolute atomic E-state index is 0.215. The van der Waals surface area contributed by atoms with Gasteiger partial charge in [-0.1, -0.05) is 24.3 Å². The maximum Gasteiger partial charge on any atom is 0.261 e. The number of ether oxygens (including phenoxy) is 2. The highest BCUT2D eigenvalue weighted by Gasteiger charge is 2.13. The van der Waals surface area contributed by atoms with E-state index in [0.717, 1.165) is 0 Å². The lowest BCUT2D eigenvalue weighted by atomic mass is 10.3. The molecule has 0 radical (unpaired) electrons. The lowest BCUT2D eigenvalue weighted by molar-refractivity contribution is 0.409. The van der Waals surface area contributed by atoms with Crippen molar-refractivity contribution in [3.8, 4) is 17.2 Å². The van der Waals surface area contributed by atoms with E-state index in [1.54, 1.807) is 67.8 Å². The summed E-state index contributed by atoms with van der Waals surface area (Å²) in [6, 6.07) is 22.1. The Kier molecular flexibility index (Phi) is 4.90. The smallest absolute Gasteiger partial charge is 0.261 e. The number of hydrogen-bond acceptors (Lipinski definition) is 4. The highest BCUT2D eigenvalue weighted by atomic mass is 32.2. The molecule has 0 atom stereocenters. The van der Waals surface area contributed by atoms with Crippen LogP contribution in [0.5, 0.6) is 17.2 Å². The van der Waals surface area contributed by atoms with Crippen molar-refractivity contribution in [2.24, 2.45) is 0 Å².